The first-order valence-electron chi connectivity index (χ1n) is 6.23. The molecule has 100 valence electrons. The third kappa shape index (κ3) is 3.70. The minimum Gasteiger partial charge on any atom is -0.299 e. The number of fused-ring (bicyclic) bond motifs is 1. The van der Waals surface area contributed by atoms with Gasteiger partial charge in [-0.15, -0.1) is 0 Å². The topological polar surface area (TPSA) is 37.4 Å². The molecule has 0 atom stereocenters. The molecular weight excluding hydrogens is 270 g/mol. The molecule has 0 radical (unpaired) electrons. The summed E-state index contributed by atoms with van der Waals surface area (Å²) in [5, 5.41) is 0. The Hall–Kier alpha value is -0.580. The van der Waals surface area contributed by atoms with E-state index >= 15 is 0 Å². The van der Waals surface area contributed by atoms with E-state index in [1.54, 1.807) is 0 Å². The van der Waals surface area contributed by atoms with Crippen molar-refractivity contribution in [3.8, 4) is 0 Å². The van der Waals surface area contributed by atoms with Gasteiger partial charge in [-0.3, -0.25) is 4.90 Å². The minimum absolute atomic E-state index is 0.00836. The summed E-state index contributed by atoms with van der Waals surface area (Å²) >= 11 is 0. The van der Waals surface area contributed by atoms with Gasteiger partial charge in [0.05, 0.1) is 5.75 Å². The van der Waals surface area contributed by atoms with E-state index in [1.165, 1.54) is 11.1 Å². The molecule has 0 spiro atoms. The molecule has 0 saturated carbocycles. The van der Waals surface area contributed by atoms with E-state index in [9.17, 15) is 8.42 Å². The van der Waals surface area contributed by atoms with Gasteiger partial charge in [0, 0.05) is 23.8 Å². The van der Waals surface area contributed by atoms with Gasteiger partial charge >= 0.3 is 0 Å². The molecule has 3 nitrogen and oxygen atoms in total. The molecule has 0 bridgehead atoms. The Morgan fingerprint density at radius 2 is 2.11 bits per heavy atom. The second-order valence-corrected chi connectivity index (χ2v) is 7.61. The van der Waals surface area contributed by atoms with E-state index in [0.29, 0.717) is 6.42 Å². The summed E-state index contributed by atoms with van der Waals surface area (Å²) in [6.45, 7) is 5.33. The second-order valence-electron chi connectivity index (χ2n) is 4.71. The molecule has 1 aliphatic rings. The van der Waals surface area contributed by atoms with Gasteiger partial charge in [0.25, 0.3) is 0 Å². The second kappa shape index (κ2) is 5.59. The Labute approximate surface area is 113 Å². The number of rotatable bonds is 4. The van der Waals surface area contributed by atoms with Crippen LogP contribution in [0.2, 0.25) is 0 Å². The van der Waals surface area contributed by atoms with Crippen LogP contribution in [0.4, 0.5) is 0 Å². The maximum Gasteiger partial charge on any atom is 0.232 e. The Kier molecular flexibility index (Phi) is 4.30. The number of nitrogens with zero attached hydrogens (tertiary/aromatic N) is 1. The Balaban J connectivity index is 2.09. The van der Waals surface area contributed by atoms with E-state index in [-0.39, 0.29) is 5.75 Å². The van der Waals surface area contributed by atoms with Crippen LogP contribution in [0.3, 0.4) is 0 Å². The maximum absolute atomic E-state index is 10.9. The van der Waals surface area contributed by atoms with Crippen molar-refractivity contribution < 1.29 is 8.42 Å². The Morgan fingerprint density at radius 1 is 1.33 bits per heavy atom. The van der Waals surface area contributed by atoms with Crippen LogP contribution in [0.15, 0.2) is 18.2 Å². The normalized spacial score (nSPS) is 16.6. The summed E-state index contributed by atoms with van der Waals surface area (Å²) in [7, 11) is 1.84. The monoisotopic (exact) mass is 287 g/mol. The molecule has 2 rings (SSSR count). The average molecular weight is 288 g/mol. The van der Waals surface area contributed by atoms with Gasteiger partial charge in [0.2, 0.25) is 9.05 Å². The van der Waals surface area contributed by atoms with Gasteiger partial charge in [0.1, 0.15) is 0 Å². The number of hydrogen-bond acceptors (Lipinski definition) is 3. The fourth-order valence-electron chi connectivity index (χ4n) is 2.33. The van der Waals surface area contributed by atoms with Crippen molar-refractivity contribution in [2.24, 2.45) is 0 Å². The van der Waals surface area contributed by atoms with Crippen LogP contribution in [-0.2, 0) is 28.4 Å². The zero-order valence-corrected chi connectivity index (χ0v) is 12.1. The fourth-order valence-corrected chi connectivity index (χ4v) is 3.04. The molecule has 0 aliphatic carbocycles. The molecule has 1 aliphatic heterocycles. The molecule has 18 heavy (non-hydrogen) atoms. The minimum atomic E-state index is -3.39. The van der Waals surface area contributed by atoms with E-state index in [1.807, 2.05) is 6.07 Å². The molecule has 0 saturated heterocycles. The summed E-state index contributed by atoms with van der Waals surface area (Å²) in [5.74, 6) is 0.00836. The predicted octanol–water partition coefficient (Wildman–Crippen LogP) is 2.18. The number of likely N-dealkylation sites (N-methyl/N-ethyl adjacent to an activating group) is 1. The first kappa shape index (κ1) is 13.8. The molecular formula is C13H18ClNO2S. The Bertz CT molecular complexity index is 528. The fraction of sp³-hybridized carbons (Fsp3) is 0.538. The molecule has 1 heterocycles. The smallest absolute Gasteiger partial charge is 0.232 e. The molecule has 5 heteroatoms. The van der Waals surface area contributed by atoms with E-state index in [2.05, 4.69) is 24.0 Å². The van der Waals surface area contributed by atoms with Crippen LogP contribution in [0.1, 0.15) is 23.6 Å². The summed E-state index contributed by atoms with van der Waals surface area (Å²) in [6.07, 6.45) is 1.54. The lowest BCUT2D eigenvalue weighted by molar-refractivity contribution is 0.268. The first-order chi connectivity index (χ1) is 8.48. The maximum atomic E-state index is 10.9. The van der Waals surface area contributed by atoms with Crippen LogP contribution in [0.5, 0.6) is 0 Å². The predicted molar refractivity (Wildman–Crippen MR) is 74.4 cm³/mol. The number of hydrogen-bond donors (Lipinski definition) is 0. The quantitative estimate of drug-likeness (QED) is 0.797. The SMILES string of the molecule is CCN1CCc2cc(CCS(=O)(=O)Cl)ccc2C1. The molecule has 1 aromatic carbocycles. The van der Waals surface area contributed by atoms with Crippen LogP contribution in [0, 0.1) is 0 Å². The van der Waals surface area contributed by atoms with Crippen molar-refractivity contribution in [3.05, 3.63) is 34.9 Å². The van der Waals surface area contributed by atoms with Gasteiger partial charge < -0.3 is 0 Å². The number of benzene rings is 1. The highest BCUT2D eigenvalue weighted by Gasteiger charge is 2.15. The third-order valence-electron chi connectivity index (χ3n) is 3.44. The molecule has 1 aromatic rings. The number of halogens is 1. The van der Waals surface area contributed by atoms with Crippen LogP contribution in [-0.4, -0.2) is 32.2 Å². The summed E-state index contributed by atoms with van der Waals surface area (Å²) in [5.41, 5.74) is 3.77. The Morgan fingerprint density at radius 3 is 2.78 bits per heavy atom. The van der Waals surface area contributed by atoms with E-state index in [4.69, 9.17) is 10.7 Å². The van der Waals surface area contributed by atoms with Crippen molar-refractivity contribution in [2.75, 3.05) is 18.8 Å². The molecule has 0 unspecified atom stereocenters. The van der Waals surface area contributed by atoms with E-state index < -0.39 is 9.05 Å². The molecule has 0 fully saturated rings. The van der Waals surface area contributed by atoms with Crippen molar-refractivity contribution in [2.45, 2.75) is 26.3 Å². The first-order valence-corrected chi connectivity index (χ1v) is 8.71. The average Bonchev–Trinajstić information content (AvgIpc) is 2.34. The van der Waals surface area contributed by atoms with E-state index in [0.717, 1.165) is 31.6 Å². The van der Waals surface area contributed by atoms with Crippen LogP contribution >= 0.6 is 10.7 Å². The van der Waals surface area contributed by atoms with Gasteiger partial charge in [-0.2, -0.15) is 0 Å². The zero-order valence-electron chi connectivity index (χ0n) is 10.5. The van der Waals surface area contributed by atoms with Gasteiger partial charge in [-0.25, -0.2) is 8.42 Å². The van der Waals surface area contributed by atoms with Gasteiger partial charge in [-0.05, 0) is 36.1 Å². The molecule has 0 amide bonds. The molecule has 0 N–H and O–H groups in total. The van der Waals surface area contributed by atoms with Crippen molar-refractivity contribution in [1.82, 2.24) is 4.90 Å². The van der Waals surface area contributed by atoms with Gasteiger partial charge in [0.15, 0.2) is 0 Å². The standard InChI is InChI=1S/C13H18ClNO2S/c1-2-15-7-5-12-9-11(3-4-13(12)10-15)6-8-18(14,16)17/h3-4,9H,2,5-8,10H2,1H3. The third-order valence-corrected chi connectivity index (χ3v) is 4.60. The van der Waals surface area contributed by atoms with Crippen molar-refractivity contribution in [1.29, 1.82) is 0 Å². The van der Waals surface area contributed by atoms with Crippen LogP contribution in [0.25, 0.3) is 0 Å². The highest BCUT2D eigenvalue weighted by molar-refractivity contribution is 8.13. The zero-order chi connectivity index (χ0) is 13.2. The lowest BCUT2D eigenvalue weighted by atomic mass is 9.96. The molecule has 0 aromatic heterocycles. The summed E-state index contributed by atoms with van der Waals surface area (Å²) in [6, 6.07) is 6.26. The lowest BCUT2D eigenvalue weighted by Gasteiger charge is -2.27. The van der Waals surface area contributed by atoms with Crippen LogP contribution < -0.4 is 0 Å². The van der Waals surface area contributed by atoms with Crippen molar-refractivity contribution >= 4 is 19.7 Å². The summed E-state index contributed by atoms with van der Waals surface area (Å²) < 4.78 is 21.9. The highest BCUT2D eigenvalue weighted by Crippen LogP contribution is 2.20. The lowest BCUT2D eigenvalue weighted by Crippen LogP contribution is -2.30. The largest absolute Gasteiger partial charge is 0.299 e. The van der Waals surface area contributed by atoms with Crippen molar-refractivity contribution in [3.63, 3.8) is 0 Å². The number of aryl methyl sites for hydroxylation is 1. The highest BCUT2D eigenvalue weighted by atomic mass is 35.7. The summed E-state index contributed by atoms with van der Waals surface area (Å²) in [4.78, 5) is 2.41. The van der Waals surface area contributed by atoms with Gasteiger partial charge in [-0.1, -0.05) is 25.1 Å².